The molecule has 1 amide bonds. The molecule has 3 nitrogen and oxygen atoms in total. The van der Waals surface area contributed by atoms with E-state index in [1.165, 1.54) is 5.56 Å². The van der Waals surface area contributed by atoms with Crippen LogP contribution in [0.5, 0.6) is 0 Å². The molecule has 1 heterocycles. The summed E-state index contributed by atoms with van der Waals surface area (Å²) in [7, 11) is 0. The fourth-order valence-corrected chi connectivity index (χ4v) is 2.92. The van der Waals surface area contributed by atoms with Crippen LogP contribution in [0.1, 0.15) is 22.7 Å². The number of β-lactam (4-membered cyclic amide) rings is 1. The summed E-state index contributed by atoms with van der Waals surface area (Å²) in [6.07, 6.45) is 0. The number of benzene rings is 2. The van der Waals surface area contributed by atoms with Crippen LogP contribution in [-0.2, 0) is 4.79 Å². The number of carbonyl (C=O) groups is 1. The normalized spacial score (nSPS) is 21.3. The number of rotatable bonds is 2. The van der Waals surface area contributed by atoms with Gasteiger partial charge in [0.2, 0.25) is 5.91 Å². The number of hydrogen-bond donors (Lipinski definition) is 1. The molecule has 2 N–H and O–H groups in total. The number of nitrogens with two attached hydrogens (primary N) is 1. The number of halogens is 1. The predicted octanol–water partition coefficient (Wildman–Crippen LogP) is 3.37. The first-order valence-electron chi connectivity index (χ1n) is 6.90. The number of nitrogens with zero attached hydrogens (tertiary/aromatic N) is 1. The van der Waals surface area contributed by atoms with Gasteiger partial charge in [0.05, 0.1) is 6.04 Å². The van der Waals surface area contributed by atoms with E-state index in [9.17, 15) is 4.79 Å². The van der Waals surface area contributed by atoms with E-state index in [1.807, 2.05) is 49.4 Å². The van der Waals surface area contributed by atoms with Crippen molar-refractivity contribution in [3.05, 3.63) is 64.2 Å². The van der Waals surface area contributed by atoms with Gasteiger partial charge in [-0.3, -0.25) is 4.79 Å². The maximum Gasteiger partial charge on any atom is 0.247 e. The van der Waals surface area contributed by atoms with Crippen molar-refractivity contribution in [1.82, 2.24) is 0 Å². The van der Waals surface area contributed by atoms with Crippen molar-refractivity contribution in [1.29, 1.82) is 0 Å². The van der Waals surface area contributed by atoms with E-state index in [-0.39, 0.29) is 11.9 Å². The van der Waals surface area contributed by atoms with Gasteiger partial charge >= 0.3 is 0 Å². The Morgan fingerprint density at radius 2 is 1.86 bits per heavy atom. The summed E-state index contributed by atoms with van der Waals surface area (Å²) < 4.78 is 0. The van der Waals surface area contributed by atoms with Gasteiger partial charge in [0, 0.05) is 10.7 Å². The fourth-order valence-electron chi connectivity index (χ4n) is 2.72. The maximum absolute atomic E-state index is 12.2. The smallest absolute Gasteiger partial charge is 0.247 e. The van der Waals surface area contributed by atoms with Gasteiger partial charge in [0.25, 0.3) is 0 Å². The highest BCUT2D eigenvalue weighted by Crippen LogP contribution is 2.39. The molecule has 4 heteroatoms. The predicted molar refractivity (Wildman–Crippen MR) is 85.6 cm³/mol. The molecule has 1 aliphatic rings. The van der Waals surface area contributed by atoms with Crippen molar-refractivity contribution >= 4 is 23.2 Å². The first-order valence-corrected chi connectivity index (χ1v) is 7.28. The summed E-state index contributed by atoms with van der Waals surface area (Å²) in [6.45, 7) is 4.09. The monoisotopic (exact) mass is 300 g/mol. The minimum absolute atomic E-state index is 0.0526. The minimum atomic E-state index is -0.509. The zero-order chi connectivity index (χ0) is 15.1. The Kier molecular flexibility index (Phi) is 3.47. The molecule has 2 atom stereocenters. The zero-order valence-electron chi connectivity index (χ0n) is 12.0. The Balaban J connectivity index is 2.00. The van der Waals surface area contributed by atoms with E-state index in [4.69, 9.17) is 17.3 Å². The Morgan fingerprint density at radius 3 is 2.52 bits per heavy atom. The van der Waals surface area contributed by atoms with E-state index in [2.05, 4.69) is 6.92 Å². The van der Waals surface area contributed by atoms with Gasteiger partial charge < -0.3 is 10.6 Å². The molecule has 0 bridgehead atoms. The van der Waals surface area contributed by atoms with Crippen LogP contribution >= 0.6 is 11.6 Å². The zero-order valence-corrected chi connectivity index (χ0v) is 12.8. The highest BCUT2D eigenvalue weighted by atomic mass is 35.5. The maximum atomic E-state index is 12.2. The van der Waals surface area contributed by atoms with E-state index >= 15 is 0 Å². The minimum Gasteiger partial charge on any atom is -0.318 e. The van der Waals surface area contributed by atoms with Crippen molar-refractivity contribution in [3.63, 3.8) is 0 Å². The van der Waals surface area contributed by atoms with E-state index < -0.39 is 6.04 Å². The second-order valence-electron chi connectivity index (χ2n) is 5.50. The number of aryl methyl sites for hydroxylation is 2. The Hall–Kier alpha value is -1.84. The topological polar surface area (TPSA) is 46.3 Å². The van der Waals surface area contributed by atoms with Gasteiger partial charge in [0.1, 0.15) is 6.04 Å². The molecule has 1 fully saturated rings. The molecule has 1 aliphatic heterocycles. The van der Waals surface area contributed by atoms with Crippen LogP contribution in [0.15, 0.2) is 42.5 Å². The molecule has 21 heavy (non-hydrogen) atoms. The number of carbonyl (C=O) groups excluding carboxylic acids is 1. The molecular formula is C17H17ClN2O. The highest BCUT2D eigenvalue weighted by molar-refractivity contribution is 6.30. The first kappa shape index (κ1) is 14.1. The van der Waals surface area contributed by atoms with Gasteiger partial charge in [-0.2, -0.15) is 0 Å². The summed E-state index contributed by atoms with van der Waals surface area (Å²) in [6, 6.07) is 12.9. The largest absolute Gasteiger partial charge is 0.318 e. The van der Waals surface area contributed by atoms with Gasteiger partial charge in [0.15, 0.2) is 0 Å². The van der Waals surface area contributed by atoms with Crippen molar-refractivity contribution in [2.24, 2.45) is 5.73 Å². The quantitative estimate of drug-likeness (QED) is 0.864. The summed E-state index contributed by atoms with van der Waals surface area (Å²) >= 11 is 6.05. The third kappa shape index (κ3) is 2.33. The van der Waals surface area contributed by atoms with Crippen molar-refractivity contribution in [2.45, 2.75) is 25.9 Å². The van der Waals surface area contributed by atoms with Crippen LogP contribution in [0.2, 0.25) is 5.02 Å². The molecule has 0 saturated carbocycles. The molecule has 1 saturated heterocycles. The molecule has 2 aromatic rings. The molecule has 2 aromatic carbocycles. The molecular weight excluding hydrogens is 284 g/mol. The van der Waals surface area contributed by atoms with E-state index in [0.717, 1.165) is 16.8 Å². The van der Waals surface area contributed by atoms with Crippen molar-refractivity contribution in [3.8, 4) is 0 Å². The summed E-state index contributed by atoms with van der Waals surface area (Å²) in [5.41, 5.74) is 10.2. The molecule has 2 unspecified atom stereocenters. The summed E-state index contributed by atoms with van der Waals surface area (Å²) in [5, 5.41) is 0.652. The SMILES string of the molecule is Cc1ccc(N2C(=O)C(N)C2c2cccc(Cl)c2)cc1C. The van der Waals surface area contributed by atoms with Crippen LogP contribution in [0.4, 0.5) is 5.69 Å². The van der Waals surface area contributed by atoms with Gasteiger partial charge in [-0.15, -0.1) is 0 Å². The lowest BCUT2D eigenvalue weighted by molar-refractivity contribution is -0.126. The Morgan fingerprint density at radius 1 is 1.10 bits per heavy atom. The number of hydrogen-bond acceptors (Lipinski definition) is 2. The number of amides is 1. The van der Waals surface area contributed by atoms with Gasteiger partial charge in [-0.05, 0) is 54.8 Å². The first-order chi connectivity index (χ1) is 9.99. The molecule has 3 rings (SSSR count). The Labute approximate surface area is 129 Å². The second kappa shape index (κ2) is 5.17. The number of anilines is 1. The van der Waals surface area contributed by atoms with Crippen molar-refractivity contribution < 1.29 is 4.79 Å². The third-order valence-corrected chi connectivity index (χ3v) is 4.33. The lowest BCUT2D eigenvalue weighted by Gasteiger charge is -2.45. The van der Waals surface area contributed by atoms with Crippen LogP contribution in [-0.4, -0.2) is 11.9 Å². The van der Waals surface area contributed by atoms with Crippen LogP contribution in [0, 0.1) is 13.8 Å². The van der Waals surface area contributed by atoms with Gasteiger partial charge in [-0.25, -0.2) is 0 Å². The van der Waals surface area contributed by atoms with Crippen LogP contribution < -0.4 is 10.6 Å². The summed E-state index contributed by atoms with van der Waals surface area (Å²) in [4.78, 5) is 13.9. The summed E-state index contributed by atoms with van der Waals surface area (Å²) in [5.74, 6) is -0.0526. The lowest BCUT2D eigenvalue weighted by Crippen LogP contribution is -2.63. The second-order valence-corrected chi connectivity index (χ2v) is 5.94. The van der Waals surface area contributed by atoms with E-state index in [0.29, 0.717) is 5.02 Å². The van der Waals surface area contributed by atoms with E-state index in [1.54, 1.807) is 4.90 Å². The van der Waals surface area contributed by atoms with Crippen LogP contribution in [0.3, 0.4) is 0 Å². The van der Waals surface area contributed by atoms with Crippen LogP contribution in [0.25, 0.3) is 0 Å². The van der Waals surface area contributed by atoms with Gasteiger partial charge in [-0.1, -0.05) is 29.8 Å². The molecule has 108 valence electrons. The molecule has 0 radical (unpaired) electrons. The standard InChI is InChI=1S/C17H17ClN2O/c1-10-6-7-14(8-11(10)2)20-16(15(19)17(20)21)12-4-3-5-13(18)9-12/h3-9,15-16H,19H2,1-2H3. The lowest BCUT2D eigenvalue weighted by atomic mass is 9.88. The third-order valence-electron chi connectivity index (χ3n) is 4.10. The Bertz CT molecular complexity index is 714. The van der Waals surface area contributed by atoms with Crippen molar-refractivity contribution in [2.75, 3.05) is 4.90 Å². The molecule has 0 aromatic heterocycles. The average molecular weight is 301 g/mol. The highest BCUT2D eigenvalue weighted by Gasteiger charge is 2.46. The molecule has 0 spiro atoms. The average Bonchev–Trinajstić information content (AvgIpc) is 2.46. The molecule has 0 aliphatic carbocycles. The fraction of sp³-hybridized carbons (Fsp3) is 0.235.